The van der Waals surface area contributed by atoms with Gasteiger partial charge in [0.25, 0.3) is 0 Å². The molecular formula is C11H12ClFO2. The van der Waals surface area contributed by atoms with Crippen molar-refractivity contribution in [1.82, 2.24) is 0 Å². The molecule has 1 aromatic carbocycles. The highest BCUT2D eigenvalue weighted by atomic mass is 35.5. The number of hydrogen-bond acceptors (Lipinski definition) is 2. The molecule has 82 valence electrons. The molecular weight excluding hydrogens is 219 g/mol. The molecule has 0 aliphatic rings. The predicted octanol–water partition coefficient (Wildman–Crippen LogP) is 2.46. The lowest BCUT2D eigenvalue weighted by Crippen LogP contribution is -2.19. The van der Waals surface area contributed by atoms with Gasteiger partial charge >= 0.3 is 5.97 Å². The molecule has 4 heteroatoms. The number of carbonyl (C=O) groups is 1. The number of carbonyl (C=O) groups excluding carboxylic acids is 1. The van der Waals surface area contributed by atoms with Crippen LogP contribution in [0.1, 0.15) is 11.1 Å². The van der Waals surface area contributed by atoms with E-state index in [0.29, 0.717) is 6.42 Å². The van der Waals surface area contributed by atoms with Crippen LogP contribution < -0.4 is 0 Å². The summed E-state index contributed by atoms with van der Waals surface area (Å²) in [6.45, 7) is 1.78. The molecule has 15 heavy (non-hydrogen) atoms. The van der Waals surface area contributed by atoms with Crippen LogP contribution in [0.15, 0.2) is 18.2 Å². The average Bonchev–Trinajstić information content (AvgIpc) is 2.20. The second kappa shape index (κ2) is 5.12. The number of hydrogen-bond donors (Lipinski definition) is 0. The maximum atomic E-state index is 12.8. The number of aryl methyl sites for hydroxylation is 1. The summed E-state index contributed by atoms with van der Waals surface area (Å²) in [5.74, 6) is -0.763. The molecule has 0 saturated carbocycles. The van der Waals surface area contributed by atoms with Crippen LogP contribution in [-0.4, -0.2) is 18.5 Å². The van der Waals surface area contributed by atoms with Crippen molar-refractivity contribution in [2.75, 3.05) is 7.11 Å². The Bertz CT molecular complexity index is 366. The third-order valence-corrected chi connectivity index (χ3v) is 2.49. The van der Waals surface area contributed by atoms with Crippen LogP contribution in [0.5, 0.6) is 0 Å². The zero-order chi connectivity index (χ0) is 11.4. The summed E-state index contributed by atoms with van der Waals surface area (Å²) in [7, 11) is 1.29. The van der Waals surface area contributed by atoms with Gasteiger partial charge in [0.05, 0.1) is 7.11 Å². The number of esters is 1. The second-order valence-corrected chi connectivity index (χ2v) is 3.79. The molecule has 0 amide bonds. The standard InChI is InChI=1S/C11H12ClFO2/c1-7-5-9(13)4-3-8(7)6-10(12)11(14)15-2/h3-5,10H,6H2,1-2H3. The molecule has 1 atom stereocenters. The fourth-order valence-electron chi connectivity index (χ4n) is 1.29. The first-order valence-corrected chi connectivity index (χ1v) is 4.95. The van der Waals surface area contributed by atoms with Crippen LogP contribution in [0.4, 0.5) is 4.39 Å². The van der Waals surface area contributed by atoms with Gasteiger partial charge in [-0.3, -0.25) is 4.79 Å². The summed E-state index contributed by atoms with van der Waals surface area (Å²) < 4.78 is 17.3. The number of rotatable bonds is 3. The SMILES string of the molecule is COC(=O)C(Cl)Cc1ccc(F)cc1C. The Morgan fingerprint density at radius 3 is 2.80 bits per heavy atom. The van der Waals surface area contributed by atoms with Crippen LogP contribution in [0.25, 0.3) is 0 Å². The highest BCUT2D eigenvalue weighted by Gasteiger charge is 2.17. The first-order chi connectivity index (χ1) is 7.04. The zero-order valence-corrected chi connectivity index (χ0v) is 9.34. The molecule has 1 unspecified atom stereocenters. The number of halogens is 2. The molecule has 0 bridgehead atoms. The van der Waals surface area contributed by atoms with Gasteiger partial charge in [-0.25, -0.2) is 4.39 Å². The first kappa shape index (κ1) is 12.0. The molecule has 0 N–H and O–H groups in total. The first-order valence-electron chi connectivity index (χ1n) is 4.51. The highest BCUT2D eigenvalue weighted by molar-refractivity contribution is 6.30. The smallest absolute Gasteiger partial charge is 0.324 e. The average molecular weight is 231 g/mol. The van der Waals surface area contributed by atoms with Crippen molar-refractivity contribution >= 4 is 17.6 Å². The Balaban J connectivity index is 2.76. The lowest BCUT2D eigenvalue weighted by Gasteiger charge is -2.09. The van der Waals surface area contributed by atoms with Gasteiger partial charge in [-0.2, -0.15) is 0 Å². The van der Waals surface area contributed by atoms with Crippen molar-refractivity contribution in [3.8, 4) is 0 Å². The molecule has 0 spiro atoms. The van der Waals surface area contributed by atoms with Crippen LogP contribution in [-0.2, 0) is 16.0 Å². The molecule has 0 radical (unpaired) electrons. The largest absolute Gasteiger partial charge is 0.468 e. The van der Waals surface area contributed by atoms with Crippen LogP contribution in [0.2, 0.25) is 0 Å². The van der Waals surface area contributed by atoms with Crippen LogP contribution in [0.3, 0.4) is 0 Å². The fourth-order valence-corrected chi connectivity index (χ4v) is 1.55. The minimum atomic E-state index is -0.723. The summed E-state index contributed by atoms with van der Waals surface area (Å²) >= 11 is 5.81. The molecule has 0 saturated heterocycles. The molecule has 0 heterocycles. The van der Waals surface area contributed by atoms with E-state index in [0.717, 1.165) is 11.1 Å². The molecule has 0 aliphatic carbocycles. The third kappa shape index (κ3) is 3.20. The summed E-state index contributed by atoms with van der Waals surface area (Å²) in [4.78, 5) is 11.1. The van der Waals surface area contributed by atoms with Crippen molar-refractivity contribution in [2.45, 2.75) is 18.7 Å². The van der Waals surface area contributed by atoms with E-state index in [9.17, 15) is 9.18 Å². The summed E-state index contributed by atoms with van der Waals surface area (Å²) in [5.41, 5.74) is 1.63. The lowest BCUT2D eigenvalue weighted by molar-refractivity contribution is -0.140. The Kier molecular flexibility index (Phi) is 4.09. The van der Waals surface area contributed by atoms with Gasteiger partial charge in [0, 0.05) is 0 Å². The quantitative estimate of drug-likeness (QED) is 0.589. The Morgan fingerprint density at radius 2 is 2.27 bits per heavy atom. The van der Waals surface area contributed by atoms with Gasteiger partial charge in [0.1, 0.15) is 11.2 Å². The Morgan fingerprint density at radius 1 is 1.60 bits per heavy atom. The van der Waals surface area contributed by atoms with Crippen molar-refractivity contribution in [1.29, 1.82) is 0 Å². The Labute approximate surface area is 93.0 Å². The summed E-state index contributed by atoms with van der Waals surface area (Å²) in [6.07, 6.45) is 0.348. The predicted molar refractivity (Wildman–Crippen MR) is 56.5 cm³/mol. The fraction of sp³-hybridized carbons (Fsp3) is 0.364. The summed E-state index contributed by atoms with van der Waals surface area (Å²) in [5, 5.41) is -0.723. The van der Waals surface area contributed by atoms with E-state index in [4.69, 9.17) is 11.6 Å². The number of alkyl halides is 1. The number of ether oxygens (including phenoxy) is 1. The maximum absolute atomic E-state index is 12.8. The normalized spacial score (nSPS) is 12.3. The van der Waals surface area contributed by atoms with Gasteiger partial charge < -0.3 is 4.74 Å². The van der Waals surface area contributed by atoms with Crippen molar-refractivity contribution in [3.05, 3.63) is 35.1 Å². The molecule has 1 rings (SSSR count). The van der Waals surface area contributed by atoms with Gasteiger partial charge in [0.15, 0.2) is 0 Å². The number of methoxy groups -OCH3 is 1. The van der Waals surface area contributed by atoms with E-state index in [2.05, 4.69) is 4.74 Å². The van der Waals surface area contributed by atoms with E-state index in [1.165, 1.54) is 19.2 Å². The van der Waals surface area contributed by atoms with E-state index in [1.807, 2.05) is 0 Å². The second-order valence-electron chi connectivity index (χ2n) is 3.27. The van der Waals surface area contributed by atoms with Crippen LogP contribution in [0, 0.1) is 12.7 Å². The molecule has 2 nitrogen and oxygen atoms in total. The van der Waals surface area contributed by atoms with Gasteiger partial charge in [-0.1, -0.05) is 6.07 Å². The molecule has 0 aromatic heterocycles. The van der Waals surface area contributed by atoms with Crippen molar-refractivity contribution in [3.63, 3.8) is 0 Å². The summed E-state index contributed by atoms with van der Waals surface area (Å²) in [6, 6.07) is 4.39. The van der Waals surface area contributed by atoms with E-state index in [-0.39, 0.29) is 5.82 Å². The minimum Gasteiger partial charge on any atom is -0.468 e. The molecule has 0 fully saturated rings. The molecule has 0 aliphatic heterocycles. The highest BCUT2D eigenvalue weighted by Crippen LogP contribution is 2.15. The van der Waals surface area contributed by atoms with Gasteiger partial charge in [0.2, 0.25) is 0 Å². The Hall–Kier alpha value is -1.09. The van der Waals surface area contributed by atoms with Crippen molar-refractivity contribution in [2.24, 2.45) is 0 Å². The van der Waals surface area contributed by atoms with E-state index < -0.39 is 11.3 Å². The van der Waals surface area contributed by atoms with E-state index >= 15 is 0 Å². The van der Waals surface area contributed by atoms with E-state index in [1.54, 1.807) is 13.0 Å². The molecule has 1 aromatic rings. The van der Waals surface area contributed by atoms with Crippen molar-refractivity contribution < 1.29 is 13.9 Å². The lowest BCUT2D eigenvalue weighted by atomic mass is 10.0. The monoisotopic (exact) mass is 230 g/mol. The zero-order valence-electron chi connectivity index (χ0n) is 8.59. The van der Waals surface area contributed by atoms with Gasteiger partial charge in [-0.05, 0) is 36.6 Å². The number of benzene rings is 1. The minimum absolute atomic E-state index is 0.291. The van der Waals surface area contributed by atoms with Gasteiger partial charge in [-0.15, -0.1) is 11.6 Å². The maximum Gasteiger partial charge on any atom is 0.324 e. The topological polar surface area (TPSA) is 26.3 Å². The third-order valence-electron chi connectivity index (χ3n) is 2.16. The van der Waals surface area contributed by atoms with Crippen LogP contribution >= 0.6 is 11.6 Å².